The summed E-state index contributed by atoms with van der Waals surface area (Å²) < 4.78 is 3.04. The maximum atomic E-state index is 12.6. The van der Waals surface area contributed by atoms with Crippen molar-refractivity contribution < 1.29 is 4.79 Å². The molecule has 0 bridgehead atoms. The summed E-state index contributed by atoms with van der Waals surface area (Å²) in [4.78, 5) is 12.6. The molecule has 0 spiro atoms. The number of halogens is 1. The minimum Gasteiger partial charge on any atom is -0.318 e. The maximum Gasteiger partial charge on any atom is 0.273 e. The lowest BCUT2D eigenvalue weighted by atomic mass is 10.1. The standard InChI is InChI=1S/C21H20BrN3O/c1-14-12-20(16(3)25(14)19-10-5-4-6-11-19)21(26)24-23-15(2)17-8-7-9-18(22)13-17/h4-13H,1-3H3,(H,24,26)/b23-15-. The van der Waals surface area contributed by atoms with Crippen LogP contribution in [0.2, 0.25) is 0 Å². The van der Waals surface area contributed by atoms with Gasteiger partial charge in [0.1, 0.15) is 0 Å². The maximum absolute atomic E-state index is 12.6. The molecule has 0 fully saturated rings. The van der Waals surface area contributed by atoms with E-state index >= 15 is 0 Å². The zero-order chi connectivity index (χ0) is 18.7. The second-order valence-electron chi connectivity index (χ2n) is 6.10. The molecule has 0 aliphatic rings. The van der Waals surface area contributed by atoms with Crippen LogP contribution in [0, 0.1) is 13.8 Å². The molecule has 1 aromatic heterocycles. The largest absolute Gasteiger partial charge is 0.318 e. The summed E-state index contributed by atoms with van der Waals surface area (Å²) in [5, 5.41) is 4.25. The number of hydrogen-bond acceptors (Lipinski definition) is 2. The number of rotatable bonds is 4. The van der Waals surface area contributed by atoms with Crippen molar-refractivity contribution in [1.29, 1.82) is 0 Å². The van der Waals surface area contributed by atoms with Crippen LogP contribution in [0.4, 0.5) is 0 Å². The molecule has 1 amide bonds. The first kappa shape index (κ1) is 18.1. The third-order valence-electron chi connectivity index (χ3n) is 4.26. The number of para-hydroxylation sites is 1. The van der Waals surface area contributed by atoms with E-state index in [1.165, 1.54) is 0 Å². The Hall–Kier alpha value is -2.66. The van der Waals surface area contributed by atoms with Crippen LogP contribution < -0.4 is 5.43 Å². The molecule has 1 heterocycles. The monoisotopic (exact) mass is 409 g/mol. The van der Waals surface area contributed by atoms with Gasteiger partial charge >= 0.3 is 0 Å². The molecule has 0 saturated heterocycles. The molecule has 0 radical (unpaired) electrons. The molecule has 132 valence electrons. The average molecular weight is 410 g/mol. The number of aryl methyl sites for hydroxylation is 1. The van der Waals surface area contributed by atoms with Gasteiger partial charge in [-0.05, 0) is 56.7 Å². The van der Waals surface area contributed by atoms with Crippen molar-refractivity contribution >= 4 is 27.5 Å². The number of hydrogen-bond donors (Lipinski definition) is 1. The predicted molar refractivity (Wildman–Crippen MR) is 109 cm³/mol. The van der Waals surface area contributed by atoms with Gasteiger partial charge in [0, 0.05) is 21.5 Å². The SMILES string of the molecule is C/C(=N/NC(=O)c1cc(C)n(-c2ccccc2)c1C)c1cccc(Br)c1. The Morgan fingerprint density at radius 2 is 1.77 bits per heavy atom. The number of benzene rings is 2. The molecule has 3 rings (SSSR count). The lowest BCUT2D eigenvalue weighted by Gasteiger charge is -2.09. The predicted octanol–water partition coefficient (Wildman–Crippen LogP) is 5.01. The van der Waals surface area contributed by atoms with E-state index in [2.05, 4.69) is 31.0 Å². The quantitative estimate of drug-likeness (QED) is 0.477. The van der Waals surface area contributed by atoms with Gasteiger partial charge in [-0.3, -0.25) is 4.79 Å². The van der Waals surface area contributed by atoms with Gasteiger partial charge in [-0.2, -0.15) is 5.10 Å². The number of carbonyl (C=O) groups excluding carboxylic acids is 1. The highest BCUT2D eigenvalue weighted by Gasteiger charge is 2.16. The van der Waals surface area contributed by atoms with Crippen molar-refractivity contribution in [3.63, 3.8) is 0 Å². The lowest BCUT2D eigenvalue weighted by Crippen LogP contribution is -2.20. The van der Waals surface area contributed by atoms with Crippen molar-refractivity contribution in [3.05, 3.63) is 87.7 Å². The first-order valence-electron chi connectivity index (χ1n) is 8.32. The van der Waals surface area contributed by atoms with Gasteiger partial charge in [-0.25, -0.2) is 5.43 Å². The van der Waals surface area contributed by atoms with Gasteiger partial charge in [0.2, 0.25) is 0 Å². The number of carbonyl (C=O) groups is 1. The smallest absolute Gasteiger partial charge is 0.273 e. The van der Waals surface area contributed by atoms with E-state index < -0.39 is 0 Å². The lowest BCUT2D eigenvalue weighted by molar-refractivity contribution is 0.0954. The number of nitrogens with one attached hydrogen (secondary N) is 1. The van der Waals surface area contributed by atoms with Crippen LogP contribution in [0.15, 0.2) is 70.2 Å². The zero-order valence-corrected chi connectivity index (χ0v) is 16.5. The van der Waals surface area contributed by atoms with Crippen molar-refractivity contribution in [2.45, 2.75) is 20.8 Å². The number of aromatic nitrogens is 1. The summed E-state index contributed by atoms with van der Waals surface area (Å²) in [6.07, 6.45) is 0. The van der Waals surface area contributed by atoms with Crippen molar-refractivity contribution in [3.8, 4) is 5.69 Å². The summed E-state index contributed by atoms with van der Waals surface area (Å²) in [7, 11) is 0. The molecule has 0 aliphatic heterocycles. The van der Waals surface area contributed by atoms with E-state index in [4.69, 9.17) is 0 Å². The van der Waals surface area contributed by atoms with Gasteiger partial charge in [0.15, 0.2) is 0 Å². The Bertz CT molecular complexity index is 974. The third kappa shape index (κ3) is 3.78. The molecule has 0 aliphatic carbocycles. The number of hydrazone groups is 1. The minimum absolute atomic E-state index is 0.213. The second kappa shape index (κ2) is 7.70. The fourth-order valence-corrected chi connectivity index (χ4v) is 3.34. The molecular formula is C21H20BrN3O. The molecule has 0 unspecified atom stereocenters. The second-order valence-corrected chi connectivity index (χ2v) is 7.02. The van der Waals surface area contributed by atoms with Crippen molar-refractivity contribution in [2.24, 2.45) is 5.10 Å². The molecule has 4 nitrogen and oxygen atoms in total. The van der Waals surface area contributed by atoms with Crippen LogP contribution in [0.25, 0.3) is 5.69 Å². The van der Waals surface area contributed by atoms with Gasteiger partial charge in [-0.1, -0.05) is 46.3 Å². The highest BCUT2D eigenvalue weighted by atomic mass is 79.9. The van der Waals surface area contributed by atoms with E-state index in [0.717, 1.165) is 32.8 Å². The van der Waals surface area contributed by atoms with Gasteiger partial charge in [0.25, 0.3) is 5.91 Å². The van der Waals surface area contributed by atoms with E-state index in [9.17, 15) is 4.79 Å². The molecule has 0 saturated carbocycles. The molecule has 3 aromatic rings. The Balaban J connectivity index is 1.84. The molecule has 0 atom stereocenters. The normalized spacial score (nSPS) is 11.5. The van der Waals surface area contributed by atoms with Gasteiger partial charge in [-0.15, -0.1) is 0 Å². The van der Waals surface area contributed by atoms with E-state index in [1.807, 2.05) is 81.4 Å². The van der Waals surface area contributed by atoms with Gasteiger partial charge in [0.05, 0.1) is 11.3 Å². The van der Waals surface area contributed by atoms with E-state index in [1.54, 1.807) is 0 Å². The van der Waals surface area contributed by atoms with E-state index in [0.29, 0.717) is 5.56 Å². The minimum atomic E-state index is -0.213. The summed E-state index contributed by atoms with van der Waals surface area (Å²) in [6, 6.07) is 19.7. The Kier molecular flexibility index (Phi) is 5.38. The first-order chi connectivity index (χ1) is 12.5. The molecule has 2 aromatic carbocycles. The van der Waals surface area contributed by atoms with Crippen molar-refractivity contribution in [1.82, 2.24) is 9.99 Å². The topological polar surface area (TPSA) is 46.4 Å². The van der Waals surface area contributed by atoms with Crippen molar-refractivity contribution in [2.75, 3.05) is 0 Å². The van der Waals surface area contributed by atoms with Crippen LogP contribution in [-0.4, -0.2) is 16.2 Å². The fraction of sp³-hybridized carbons (Fsp3) is 0.143. The fourth-order valence-electron chi connectivity index (χ4n) is 2.94. The summed E-state index contributed by atoms with van der Waals surface area (Å²) in [5.41, 5.74) is 7.93. The zero-order valence-electron chi connectivity index (χ0n) is 15.0. The molecule has 26 heavy (non-hydrogen) atoms. The molecular weight excluding hydrogens is 390 g/mol. The van der Waals surface area contributed by atoms with Crippen LogP contribution in [0.5, 0.6) is 0 Å². The Labute approximate surface area is 161 Å². The van der Waals surface area contributed by atoms with Crippen LogP contribution in [0.1, 0.15) is 34.2 Å². The van der Waals surface area contributed by atoms with Gasteiger partial charge < -0.3 is 4.57 Å². The van der Waals surface area contributed by atoms with Crippen LogP contribution >= 0.6 is 15.9 Å². The van der Waals surface area contributed by atoms with Crippen LogP contribution in [-0.2, 0) is 0 Å². The molecule has 1 N–H and O–H groups in total. The Morgan fingerprint density at radius 1 is 1.04 bits per heavy atom. The van der Waals surface area contributed by atoms with E-state index in [-0.39, 0.29) is 5.91 Å². The average Bonchev–Trinajstić information content (AvgIpc) is 2.94. The summed E-state index contributed by atoms with van der Waals surface area (Å²) in [6.45, 7) is 5.81. The number of amides is 1. The summed E-state index contributed by atoms with van der Waals surface area (Å²) >= 11 is 3.44. The number of nitrogens with zero attached hydrogens (tertiary/aromatic N) is 2. The third-order valence-corrected chi connectivity index (χ3v) is 4.75. The van der Waals surface area contributed by atoms with Crippen LogP contribution in [0.3, 0.4) is 0 Å². The highest BCUT2D eigenvalue weighted by molar-refractivity contribution is 9.10. The first-order valence-corrected chi connectivity index (χ1v) is 9.11. The highest BCUT2D eigenvalue weighted by Crippen LogP contribution is 2.20. The summed E-state index contributed by atoms with van der Waals surface area (Å²) in [5.74, 6) is -0.213. The molecule has 5 heteroatoms. The Morgan fingerprint density at radius 3 is 2.46 bits per heavy atom.